The van der Waals surface area contributed by atoms with Crippen molar-refractivity contribution in [3.05, 3.63) is 41.1 Å². The summed E-state index contributed by atoms with van der Waals surface area (Å²) >= 11 is 0. The van der Waals surface area contributed by atoms with Crippen molar-refractivity contribution in [1.29, 1.82) is 0 Å². The van der Waals surface area contributed by atoms with Crippen molar-refractivity contribution in [3.8, 4) is 0 Å². The van der Waals surface area contributed by atoms with Gasteiger partial charge in [-0.1, -0.05) is 25.1 Å². The highest BCUT2D eigenvalue weighted by Crippen LogP contribution is 2.47. The van der Waals surface area contributed by atoms with Crippen LogP contribution in [0.1, 0.15) is 49.2 Å². The number of aliphatic hydroxyl groups is 1. The lowest BCUT2D eigenvalue weighted by molar-refractivity contribution is -0.160. The second-order valence-electron chi connectivity index (χ2n) is 8.24. The summed E-state index contributed by atoms with van der Waals surface area (Å²) < 4.78 is 6.55. The molecule has 0 spiro atoms. The summed E-state index contributed by atoms with van der Waals surface area (Å²) in [4.78, 5) is 41.4. The number of hydrogen-bond acceptors (Lipinski definition) is 5. The summed E-state index contributed by atoms with van der Waals surface area (Å²) in [6.45, 7) is 4.19. The van der Waals surface area contributed by atoms with Gasteiger partial charge in [0.25, 0.3) is 5.91 Å². The Bertz CT molecular complexity index is 1140. The smallest absolute Gasteiger partial charge is 0.348 e. The summed E-state index contributed by atoms with van der Waals surface area (Å²) in [5, 5.41) is 12.3. The van der Waals surface area contributed by atoms with E-state index in [0.717, 1.165) is 16.5 Å². The van der Waals surface area contributed by atoms with Gasteiger partial charge in [-0.3, -0.25) is 14.2 Å². The highest BCUT2D eigenvalue weighted by Gasteiger charge is 2.53. The number of rotatable bonds is 3. The normalized spacial score (nSPS) is 25.4. The first-order valence-electron chi connectivity index (χ1n) is 10.5. The molecule has 5 rings (SSSR count). The first kappa shape index (κ1) is 19.1. The van der Waals surface area contributed by atoms with Crippen LogP contribution in [0.2, 0.25) is 0 Å². The molecule has 156 valence electrons. The molecule has 1 aromatic carbocycles. The number of amides is 1. The molecule has 0 saturated carbocycles. The molecule has 7 heteroatoms. The van der Waals surface area contributed by atoms with Crippen LogP contribution < -0.4 is 0 Å². The summed E-state index contributed by atoms with van der Waals surface area (Å²) in [6.07, 6.45) is 1.55. The lowest BCUT2D eigenvalue weighted by Crippen LogP contribution is -2.50. The van der Waals surface area contributed by atoms with Crippen LogP contribution in [0.5, 0.6) is 0 Å². The fourth-order valence-corrected chi connectivity index (χ4v) is 5.22. The van der Waals surface area contributed by atoms with Crippen LogP contribution >= 0.6 is 0 Å². The van der Waals surface area contributed by atoms with Gasteiger partial charge < -0.3 is 14.7 Å². The van der Waals surface area contributed by atoms with E-state index in [1.807, 2.05) is 31.2 Å². The number of nitrogens with zero attached hydrogens (tertiary/aromatic N) is 2. The van der Waals surface area contributed by atoms with E-state index < -0.39 is 17.5 Å². The zero-order valence-corrected chi connectivity index (χ0v) is 17.1. The Balaban J connectivity index is 1.86. The van der Waals surface area contributed by atoms with E-state index in [9.17, 15) is 19.5 Å². The average Bonchev–Trinajstić information content (AvgIpc) is 3.04. The number of ether oxygens (including phenoxy) is 1. The Morgan fingerprint density at radius 2 is 2.03 bits per heavy atom. The largest absolute Gasteiger partial charge is 0.463 e. The van der Waals surface area contributed by atoms with E-state index in [4.69, 9.17) is 4.74 Å². The van der Waals surface area contributed by atoms with E-state index in [-0.39, 0.29) is 24.9 Å². The standard InChI is InChI=1S/C23H24N2O5/c1-3-13-11-14-12-23(29,22(28)30-4-2)21(27)25-17-8-6-5-7-15(17)16-9-10-24(20(13)26)18(14)19(16)25/h5-8,13,29H,3-4,9-12H2,1-2H3/t13-,23-/m1/s1. The molecule has 1 aromatic heterocycles. The van der Waals surface area contributed by atoms with Gasteiger partial charge >= 0.3 is 5.97 Å². The van der Waals surface area contributed by atoms with Gasteiger partial charge in [-0.15, -0.1) is 0 Å². The monoisotopic (exact) mass is 408 g/mol. The van der Waals surface area contributed by atoms with Crippen molar-refractivity contribution in [3.63, 3.8) is 0 Å². The highest BCUT2D eigenvalue weighted by atomic mass is 16.5. The molecular weight excluding hydrogens is 384 g/mol. The molecule has 0 radical (unpaired) electrons. The third-order valence-corrected chi connectivity index (χ3v) is 6.63. The fourth-order valence-electron chi connectivity index (χ4n) is 5.22. The van der Waals surface area contributed by atoms with Gasteiger partial charge in [-0.2, -0.15) is 0 Å². The van der Waals surface area contributed by atoms with E-state index in [2.05, 4.69) is 0 Å². The molecule has 0 bridgehead atoms. The van der Waals surface area contributed by atoms with Crippen molar-refractivity contribution < 1.29 is 24.2 Å². The van der Waals surface area contributed by atoms with E-state index in [0.29, 0.717) is 42.7 Å². The van der Waals surface area contributed by atoms with Gasteiger partial charge in [-0.05, 0) is 43.4 Å². The Kier molecular flexibility index (Phi) is 4.15. The molecule has 2 aromatic rings. The van der Waals surface area contributed by atoms with Gasteiger partial charge in [-0.25, -0.2) is 4.79 Å². The summed E-state index contributed by atoms with van der Waals surface area (Å²) in [5.41, 5.74) is 1.40. The van der Waals surface area contributed by atoms with Crippen LogP contribution in [0.15, 0.2) is 29.8 Å². The van der Waals surface area contributed by atoms with Crippen molar-refractivity contribution >= 4 is 34.4 Å². The first-order chi connectivity index (χ1) is 14.4. The van der Waals surface area contributed by atoms with Crippen molar-refractivity contribution in [2.24, 2.45) is 5.92 Å². The molecule has 1 N–H and O–H groups in total. The molecule has 30 heavy (non-hydrogen) atoms. The maximum atomic E-state index is 13.7. The van der Waals surface area contributed by atoms with Crippen LogP contribution in [-0.2, 0) is 20.7 Å². The molecule has 3 aliphatic rings. The number of benzene rings is 1. The Morgan fingerprint density at radius 3 is 2.77 bits per heavy atom. The van der Waals surface area contributed by atoms with Crippen molar-refractivity contribution in [2.75, 3.05) is 13.2 Å². The van der Waals surface area contributed by atoms with E-state index in [1.54, 1.807) is 11.8 Å². The molecule has 3 aliphatic heterocycles. The lowest BCUT2D eigenvalue weighted by atomic mass is 9.81. The van der Waals surface area contributed by atoms with Crippen LogP contribution in [0.3, 0.4) is 0 Å². The molecule has 4 heterocycles. The van der Waals surface area contributed by atoms with Crippen molar-refractivity contribution in [2.45, 2.75) is 45.1 Å². The quantitative estimate of drug-likeness (QED) is 0.623. The summed E-state index contributed by atoms with van der Waals surface area (Å²) in [5.74, 6) is -1.82. The number of aromatic nitrogens is 1. The zero-order valence-electron chi connectivity index (χ0n) is 17.1. The third kappa shape index (κ3) is 2.32. The predicted molar refractivity (Wildman–Crippen MR) is 109 cm³/mol. The maximum absolute atomic E-state index is 13.7. The molecule has 0 saturated heterocycles. The number of carbonyl (C=O) groups is 3. The zero-order chi connectivity index (χ0) is 21.2. The van der Waals surface area contributed by atoms with Gasteiger partial charge in [0.2, 0.25) is 11.5 Å². The number of carbonyl (C=O) groups excluding carboxylic acids is 3. The van der Waals surface area contributed by atoms with Gasteiger partial charge in [0.05, 0.1) is 23.5 Å². The molecule has 0 unspecified atom stereocenters. The third-order valence-electron chi connectivity index (χ3n) is 6.63. The molecule has 2 atom stereocenters. The van der Waals surface area contributed by atoms with Gasteiger partial charge in [0.1, 0.15) is 0 Å². The minimum Gasteiger partial charge on any atom is -0.463 e. The first-order valence-corrected chi connectivity index (χ1v) is 10.5. The van der Waals surface area contributed by atoms with Gasteiger partial charge in [0.15, 0.2) is 0 Å². The van der Waals surface area contributed by atoms with E-state index in [1.165, 1.54) is 4.57 Å². The van der Waals surface area contributed by atoms with Crippen LogP contribution in [0.4, 0.5) is 0 Å². The average molecular weight is 408 g/mol. The lowest BCUT2D eigenvalue weighted by Gasteiger charge is -2.39. The second kappa shape index (κ2) is 6.54. The molecule has 0 fully saturated rings. The number of esters is 1. The van der Waals surface area contributed by atoms with E-state index >= 15 is 0 Å². The highest BCUT2D eigenvalue weighted by molar-refractivity contribution is 6.14. The number of para-hydroxylation sites is 1. The number of hydrogen-bond donors (Lipinski definition) is 1. The van der Waals surface area contributed by atoms with Crippen LogP contribution in [0, 0.1) is 5.92 Å². The molecule has 1 amide bonds. The maximum Gasteiger partial charge on any atom is 0.348 e. The van der Waals surface area contributed by atoms with Crippen LogP contribution in [-0.4, -0.2) is 51.1 Å². The Labute approximate surface area is 173 Å². The summed E-state index contributed by atoms with van der Waals surface area (Å²) in [7, 11) is 0. The molecule has 7 nitrogen and oxygen atoms in total. The predicted octanol–water partition coefficient (Wildman–Crippen LogP) is 2.51. The fraction of sp³-hybridized carbons (Fsp3) is 0.435. The minimum absolute atomic E-state index is 0.0488. The number of fused-ring (bicyclic) bond motifs is 3. The topological polar surface area (TPSA) is 88.8 Å². The van der Waals surface area contributed by atoms with Crippen molar-refractivity contribution in [1.82, 2.24) is 9.47 Å². The van der Waals surface area contributed by atoms with Crippen LogP contribution in [0.25, 0.3) is 16.6 Å². The van der Waals surface area contributed by atoms with Gasteiger partial charge in [0, 0.05) is 24.3 Å². The minimum atomic E-state index is -2.32. The molecule has 0 aliphatic carbocycles. The Hall–Kier alpha value is -2.93. The SMILES string of the molecule is CCOC(=O)[C@@]1(O)CC2=C3c4c(c5ccccc5n4C1=O)CCN3C(=O)[C@H](CC)C2. The molecular formula is C23H24N2O5. The Morgan fingerprint density at radius 1 is 1.27 bits per heavy atom. The summed E-state index contributed by atoms with van der Waals surface area (Å²) in [6, 6.07) is 7.48. The second-order valence-corrected chi connectivity index (χ2v) is 8.24.